The molecule has 0 bridgehead atoms. The van der Waals surface area contributed by atoms with Crippen LogP contribution in [0.15, 0.2) is 54.6 Å². The summed E-state index contributed by atoms with van der Waals surface area (Å²) >= 11 is 0. The number of nitrogens with one attached hydrogen (secondary N) is 1. The SMILES string of the molecule is CCOc1ccc(NC(=O)C(C)C2(O)CCN(Cc3ccccc3)CC2)cc1. The van der Waals surface area contributed by atoms with E-state index in [0.29, 0.717) is 25.1 Å². The molecule has 1 amide bonds. The minimum atomic E-state index is -0.970. The first-order chi connectivity index (χ1) is 13.5. The van der Waals surface area contributed by atoms with E-state index in [0.717, 1.165) is 25.4 Å². The molecule has 150 valence electrons. The number of hydrogen-bond donors (Lipinski definition) is 2. The number of likely N-dealkylation sites (tertiary alicyclic amines) is 1. The van der Waals surface area contributed by atoms with Gasteiger partial charge in [-0.05, 0) is 49.6 Å². The summed E-state index contributed by atoms with van der Waals surface area (Å²) in [5.74, 6) is 0.152. The van der Waals surface area contributed by atoms with E-state index in [2.05, 4.69) is 22.3 Å². The minimum absolute atomic E-state index is 0.150. The van der Waals surface area contributed by atoms with Gasteiger partial charge in [-0.2, -0.15) is 0 Å². The number of anilines is 1. The molecule has 28 heavy (non-hydrogen) atoms. The van der Waals surface area contributed by atoms with Gasteiger partial charge in [0.1, 0.15) is 5.75 Å². The normalized spacial score (nSPS) is 17.7. The molecule has 1 atom stereocenters. The number of benzene rings is 2. The van der Waals surface area contributed by atoms with Gasteiger partial charge in [0.15, 0.2) is 0 Å². The lowest BCUT2D eigenvalue weighted by atomic mass is 9.80. The first kappa shape index (κ1) is 20.4. The van der Waals surface area contributed by atoms with E-state index < -0.39 is 11.5 Å². The zero-order chi connectivity index (χ0) is 20.0. The van der Waals surface area contributed by atoms with Gasteiger partial charge in [0.2, 0.25) is 5.91 Å². The molecule has 1 aliphatic heterocycles. The van der Waals surface area contributed by atoms with E-state index in [9.17, 15) is 9.90 Å². The van der Waals surface area contributed by atoms with Crippen molar-refractivity contribution in [2.45, 2.75) is 38.8 Å². The Bertz CT molecular complexity index is 753. The predicted octanol–water partition coefficient (Wildman–Crippen LogP) is 3.69. The molecule has 0 aromatic heterocycles. The molecule has 1 saturated heterocycles. The highest BCUT2D eigenvalue weighted by molar-refractivity contribution is 5.93. The van der Waals surface area contributed by atoms with Crippen LogP contribution in [0.2, 0.25) is 0 Å². The second-order valence-corrected chi connectivity index (χ2v) is 7.53. The fourth-order valence-corrected chi connectivity index (χ4v) is 3.67. The molecule has 1 heterocycles. The Morgan fingerprint density at radius 2 is 1.79 bits per heavy atom. The molecule has 2 N–H and O–H groups in total. The topological polar surface area (TPSA) is 61.8 Å². The summed E-state index contributed by atoms with van der Waals surface area (Å²) in [6.07, 6.45) is 1.19. The molecule has 2 aromatic carbocycles. The number of hydrogen-bond acceptors (Lipinski definition) is 4. The summed E-state index contributed by atoms with van der Waals surface area (Å²) in [5.41, 5.74) is 1.02. The molecule has 0 radical (unpaired) electrons. The van der Waals surface area contributed by atoms with E-state index in [1.54, 1.807) is 0 Å². The molecule has 0 saturated carbocycles. The van der Waals surface area contributed by atoms with Crippen molar-refractivity contribution in [1.29, 1.82) is 0 Å². The van der Waals surface area contributed by atoms with Crippen molar-refractivity contribution in [3.8, 4) is 5.75 Å². The molecule has 2 aromatic rings. The number of ether oxygens (including phenoxy) is 1. The van der Waals surface area contributed by atoms with Gasteiger partial charge in [-0.3, -0.25) is 9.69 Å². The van der Waals surface area contributed by atoms with Crippen molar-refractivity contribution in [3.05, 3.63) is 60.2 Å². The maximum atomic E-state index is 12.7. The van der Waals surface area contributed by atoms with Crippen LogP contribution in [-0.4, -0.2) is 41.2 Å². The monoisotopic (exact) mass is 382 g/mol. The van der Waals surface area contributed by atoms with Crippen LogP contribution >= 0.6 is 0 Å². The second-order valence-electron chi connectivity index (χ2n) is 7.53. The highest BCUT2D eigenvalue weighted by atomic mass is 16.5. The molecule has 0 aliphatic carbocycles. The highest BCUT2D eigenvalue weighted by Gasteiger charge is 2.40. The van der Waals surface area contributed by atoms with Gasteiger partial charge in [0.05, 0.1) is 18.1 Å². The first-order valence-electron chi connectivity index (χ1n) is 10.0. The van der Waals surface area contributed by atoms with Crippen molar-refractivity contribution in [1.82, 2.24) is 4.90 Å². The standard InChI is InChI=1S/C23H30N2O3/c1-3-28-21-11-9-20(10-12-21)24-22(26)18(2)23(27)13-15-25(16-14-23)17-19-7-5-4-6-8-19/h4-12,18,27H,3,13-17H2,1-2H3,(H,24,26). The van der Waals surface area contributed by atoms with Crippen LogP contribution in [0.25, 0.3) is 0 Å². The van der Waals surface area contributed by atoms with Crippen molar-refractivity contribution in [2.24, 2.45) is 5.92 Å². The predicted molar refractivity (Wildman–Crippen MR) is 111 cm³/mol. The number of rotatable bonds is 7. The summed E-state index contributed by atoms with van der Waals surface area (Å²) in [6, 6.07) is 17.7. The first-order valence-corrected chi connectivity index (χ1v) is 10.0. The lowest BCUT2D eigenvalue weighted by Crippen LogP contribution is -2.51. The van der Waals surface area contributed by atoms with Gasteiger partial charge < -0.3 is 15.2 Å². The summed E-state index contributed by atoms with van der Waals surface area (Å²) in [6.45, 7) is 6.80. The minimum Gasteiger partial charge on any atom is -0.494 e. The maximum absolute atomic E-state index is 12.7. The Morgan fingerprint density at radius 3 is 2.39 bits per heavy atom. The number of amides is 1. The summed E-state index contributed by atoms with van der Waals surface area (Å²) in [5, 5.41) is 14.0. The Kier molecular flexibility index (Phi) is 6.70. The smallest absolute Gasteiger partial charge is 0.230 e. The van der Waals surface area contributed by atoms with E-state index in [4.69, 9.17) is 4.74 Å². The molecule has 0 spiro atoms. The number of aliphatic hydroxyl groups is 1. The molecule has 5 heteroatoms. The number of piperidine rings is 1. The van der Waals surface area contributed by atoms with E-state index >= 15 is 0 Å². The van der Waals surface area contributed by atoms with Crippen molar-refractivity contribution in [3.63, 3.8) is 0 Å². The molecule has 1 fully saturated rings. The maximum Gasteiger partial charge on any atom is 0.230 e. The average Bonchev–Trinajstić information content (AvgIpc) is 2.72. The van der Waals surface area contributed by atoms with E-state index in [1.807, 2.05) is 56.3 Å². The van der Waals surface area contributed by atoms with Gasteiger partial charge in [-0.15, -0.1) is 0 Å². The average molecular weight is 383 g/mol. The Morgan fingerprint density at radius 1 is 1.14 bits per heavy atom. The number of carbonyl (C=O) groups is 1. The van der Waals surface area contributed by atoms with Gasteiger partial charge in [-0.1, -0.05) is 37.3 Å². The summed E-state index contributed by atoms with van der Waals surface area (Å²) < 4.78 is 5.42. The molecule has 1 unspecified atom stereocenters. The van der Waals surface area contributed by atoms with Gasteiger partial charge in [0, 0.05) is 25.3 Å². The van der Waals surface area contributed by atoms with Crippen molar-refractivity contribution < 1.29 is 14.6 Å². The molecular weight excluding hydrogens is 352 g/mol. The van der Waals surface area contributed by atoms with Crippen LogP contribution in [0.3, 0.4) is 0 Å². The van der Waals surface area contributed by atoms with E-state index in [1.165, 1.54) is 5.56 Å². The fraction of sp³-hybridized carbons (Fsp3) is 0.435. The van der Waals surface area contributed by atoms with Crippen LogP contribution in [0, 0.1) is 5.92 Å². The largest absolute Gasteiger partial charge is 0.494 e. The van der Waals surface area contributed by atoms with Crippen molar-refractivity contribution >= 4 is 11.6 Å². The zero-order valence-corrected chi connectivity index (χ0v) is 16.7. The van der Waals surface area contributed by atoms with Gasteiger partial charge in [-0.25, -0.2) is 0 Å². The molecular formula is C23H30N2O3. The van der Waals surface area contributed by atoms with Crippen LogP contribution in [0.1, 0.15) is 32.3 Å². The lowest BCUT2D eigenvalue weighted by Gasteiger charge is -2.41. The van der Waals surface area contributed by atoms with Crippen LogP contribution in [-0.2, 0) is 11.3 Å². The van der Waals surface area contributed by atoms with Crippen LogP contribution in [0.5, 0.6) is 5.75 Å². The Labute approximate surface area is 167 Å². The fourth-order valence-electron chi connectivity index (χ4n) is 3.67. The molecule has 3 rings (SSSR count). The van der Waals surface area contributed by atoms with Gasteiger partial charge in [0.25, 0.3) is 0 Å². The third kappa shape index (κ3) is 5.12. The van der Waals surface area contributed by atoms with Gasteiger partial charge >= 0.3 is 0 Å². The van der Waals surface area contributed by atoms with Crippen LogP contribution in [0.4, 0.5) is 5.69 Å². The van der Waals surface area contributed by atoms with Crippen molar-refractivity contribution in [2.75, 3.05) is 25.0 Å². The molecule has 5 nitrogen and oxygen atoms in total. The Hall–Kier alpha value is -2.37. The highest BCUT2D eigenvalue weighted by Crippen LogP contribution is 2.31. The third-order valence-corrected chi connectivity index (χ3v) is 5.60. The molecule has 1 aliphatic rings. The third-order valence-electron chi connectivity index (χ3n) is 5.60. The number of nitrogens with zero attached hydrogens (tertiary/aromatic N) is 1. The number of carbonyl (C=O) groups excluding carboxylic acids is 1. The summed E-state index contributed by atoms with van der Waals surface area (Å²) in [4.78, 5) is 15.0. The summed E-state index contributed by atoms with van der Waals surface area (Å²) in [7, 11) is 0. The van der Waals surface area contributed by atoms with Crippen LogP contribution < -0.4 is 10.1 Å². The quantitative estimate of drug-likeness (QED) is 0.767. The zero-order valence-electron chi connectivity index (χ0n) is 16.7. The second kappa shape index (κ2) is 9.22. The Balaban J connectivity index is 1.53. The van der Waals surface area contributed by atoms with E-state index in [-0.39, 0.29) is 5.91 Å². The lowest BCUT2D eigenvalue weighted by molar-refractivity contribution is -0.132.